The maximum atomic E-state index is 14.1. The summed E-state index contributed by atoms with van der Waals surface area (Å²) in [4.78, 5) is 82.5. The van der Waals surface area contributed by atoms with E-state index in [4.69, 9.17) is 56.0 Å². The number of imidazole rings is 1. The zero-order valence-corrected chi connectivity index (χ0v) is 63.6. The molecule has 0 spiro atoms. The predicted octanol–water partition coefficient (Wildman–Crippen LogP) is 13.8. The molecule has 3 aromatic heterocycles. The number of Topliss-reactive ketones (excluding diaryl/α,β-unsaturated/α-hetero) is 1. The van der Waals surface area contributed by atoms with Crippen LogP contribution in [0.25, 0.3) is 22.3 Å². The number of carbonyl (C=O) groups is 3. The smallest absolute Gasteiger partial charge is 0.333 e. The fraction of sp³-hybridized carbons (Fsp3) is 0.383. The molecule has 9 aromatic rings. The van der Waals surface area contributed by atoms with Crippen LogP contribution in [0.3, 0.4) is 0 Å². The molecule has 2 N–H and O–H groups in total. The molecule has 3 aliphatic rings. The molecule has 8 atom stereocenters. The van der Waals surface area contributed by atoms with Crippen molar-refractivity contribution in [2.24, 2.45) is 0 Å². The van der Waals surface area contributed by atoms with Crippen molar-refractivity contribution >= 4 is 51.8 Å². The van der Waals surface area contributed by atoms with Crippen molar-refractivity contribution < 1.29 is 65.4 Å². The number of ketones is 1. The number of hydrogen-bond acceptors (Lipinski definition) is 22. The molecule has 0 saturated carbocycles. The summed E-state index contributed by atoms with van der Waals surface area (Å²) in [5.74, 6) is 0.553. The van der Waals surface area contributed by atoms with Gasteiger partial charge in [-0.05, 0) is 128 Å². The van der Waals surface area contributed by atoms with E-state index in [1.807, 2.05) is 131 Å². The second kappa shape index (κ2) is 37.1. The first-order valence-electron chi connectivity index (χ1n) is 36.4. The number of esters is 1. The van der Waals surface area contributed by atoms with E-state index in [-0.39, 0.29) is 125 Å². The summed E-state index contributed by atoms with van der Waals surface area (Å²) in [6, 6.07) is 52.5. The van der Waals surface area contributed by atoms with Crippen LogP contribution >= 0.6 is 17.1 Å². The van der Waals surface area contributed by atoms with Crippen molar-refractivity contribution in [1.82, 2.24) is 33.7 Å². The summed E-state index contributed by atoms with van der Waals surface area (Å²) in [6.45, 7) is 9.52. The molecular formula is C81H88N10O16P2. The van der Waals surface area contributed by atoms with Crippen LogP contribution in [0.5, 0.6) is 11.5 Å². The molecule has 26 nitrogen and oxygen atoms in total. The van der Waals surface area contributed by atoms with Crippen LogP contribution in [-0.4, -0.2) is 135 Å². The van der Waals surface area contributed by atoms with Crippen LogP contribution < -0.4 is 26.0 Å². The van der Waals surface area contributed by atoms with Crippen LogP contribution in [0, 0.1) is 29.6 Å². The number of ether oxygens (including phenoxy) is 6. The summed E-state index contributed by atoms with van der Waals surface area (Å²) >= 11 is 0. The molecule has 2 fully saturated rings. The second-order valence-electron chi connectivity index (χ2n) is 27.1. The number of fused-ring (bicyclic) bond motifs is 4. The Labute approximate surface area is 634 Å². The molecule has 6 aromatic carbocycles. The van der Waals surface area contributed by atoms with Crippen LogP contribution in [0.4, 0.5) is 5.82 Å². The summed E-state index contributed by atoms with van der Waals surface area (Å²) < 4.78 is 76.8. The number of methoxy groups -OCH3 is 2. The fourth-order valence-electron chi connectivity index (χ4n) is 13.9. The van der Waals surface area contributed by atoms with E-state index in [0.717, 1.165) is 44.5 Å². The lowest BCUT2D eigenvalue weighted by Gasteiger charge is -2.37. The third-order valence-corrected chi connectivity index (χ3v) is 22.7. The Kier molecular flexibility index (Phi) is 26.8. The Bertz CT molecular complexity index is 4700. The number of rotatable bonds is 37. The molecule has 0 radical (unpaired) electrons. The van der Waals surface area contributed by atoms with E-state index in [0.29, 0.717) is 35.6 Å². The zero-order chi connectivity index (χ0) is 76.6. The first-order valence-corrected chi connectivity index (χ1v) is 38.6. The summed E-state index contributed by atoms with van der Waals surface area (Å²) in [5, 5.41) is 22.3. The number of carbonyl (C=O) groups excluding carboxylic acids is 3. The van der Waals surface area contributed by atoms with Gasteiger partial charge in [-0.15, -0.1) is 0 Å². The van der Waals surface area contributed by atoms with Gasteiger partial charge in [-0.1, -0.05) is 115 Å². The molecule has 28 heteroatoms. The highest BCUT2D eigenvalue weighted by atomic mass is 31.2. The Morgan fingerprint density at radius 1 is 0.670 bits per heavy atom. The highest BCUT2D eigenvalue weighted by Gasteiger charge is 2.47. The first kappa shape index (κ1) is 78.8. The van der Waals surface area contributed by atoms with Gasteiger partial charge in [0.15, 0.2) is 17.0 Å². The van der Waals surface area contributed by atoms with Crippen LogP contribution in [-0.2, 0) is 63.2 Å². The third kappa shape index (κ3) is 18.8. The highest BCUT2D eigenvalue weighted by molar-refractivity contribution is 7.44. The van der Waals surface area contributed by atoms with Crippen molar-refractivity contribution in [3.8, 4) is 34.8 Å². The summed E-state index contributed by atoms with van der Waals surface area (Å²) in [5.41, 5.74) is 6.36. The van der Waals surface area contributed by atoms with Crippen LogP contribution in [0.2, 0.25) is 0 Å². The lowest BCUT2D eigenvalue weighted by atomic mass is 9.80. The lowest BCUT2D eigenvalue weighted by Crippen LogP contribution is -2.38. The minimum atomic E-state index is -2.42. The van der Waals surface area contributed by atoms with Gasteiger partial charge < -0.3 is 56.4 Å². The van der Waals surface area contributed by atoms with E-state index in [2.05, 4.69) is 61.3 Å². The number of amides is 1. The maximum Gasteiger partial charge on any atom is 0.333 e. The van der Waals surface area contributed by atoms with Crippen molar-refractivity contribution in [1.29, 1.82) is 10.5 Å². The second-order valence-corrected chi connectivity index (χ2v) is 29.7. The minimum Gasteiger partial charge on any atom is -0.497 e. The molecule has 109 heavy (non-hydrogen) atoms. The van der Waals surface area contributed by atoms with Gasteiger partial charge in [-0.2, -0.15) is 10.5 Å². The summed E-state index contributed by atoms with van der Waals surface area (Å²) in [6.07, 6.45) is 0.706. The largest absolute Gasteiger partial charge is 0.497 e. The van der Waals surface area contributed by atoms with Gasteiger partial charge in [0.05, 0.1) is 84.2 Å². The van der Waals surface area contributed by atoms with E-state index < -0.39 is 76.8 Å². The number of hydrogen-bond donors (Lipinski definition) is 2. The minimum absolute atomic E-state index is 0.0171. The van der Waals surface area contributed by atoms with Gasteiger partial charge >= 0.3 is 20.3 Å². The number of H-pyrrole nitrogens is 1. The SMILES string of the molecule is COc1ccc(C(OC[C@H]2O[C@@H](n3cnc4c(NC(=O)c5ccc(CCC(=O)CCCC(=O)OCC6c7ccccc7-c7ccccc76)cc5)ncnc43)CC2OP(OCCC#N)OC[C@H]2O[C@@H](n3cc(C)c(=O)[nH]c3=O)CC2OP(OCCC#N)N(C(C)C)C(C)C)(c2ccccc2)c2ccc(OC)cc2)cc1. The van der Waals surface area contributed by atoms with Crippen molar-refractivity contribution in [3.05, 3.63) is 236 Å². The number of nitrogens with one attached hydrogen (secondary N) is 2. The van der Waals surface area contributed by atoms with E-state index in [9.17, 15) is 34.5 Å². The quantitative estimate of drug-likeness (QED) is 0.0158. The Hall–Kier alpha value is -9.76. The summed E-state index contributed by atoms with van der Waals surface area (Å²) in [7, 11) is -1.06. The predicted molar refractivity (Wildman–Crippen MR) is 407 cm³/mol. The van der Waals surface area contributed by atoms with Gasteiger partial charge in [0.2, 0.25) is 0 Å². The average Bonchev–Trinajstić information content (AvgIpc) is 1.49. The van der Waals surface area contributed by atoms with Crippen LogP contribution in [0.15, 0.2) is 180 Å². The van der Waals surface area contributed by atoms with Crippen molar-refractivity contribution in [3.63, 3.8) is 0 Å². The number of nitriles is 2. The molecule has 0 bridgehead atoms. The van der Waals surface area contributed by atoms with Crippen LogP contribution in [0.1, 0.15) is 147 Å². The molecular weight excluding hydrogens is 1430 g/mol. The highest BCUT2D eigenvalue weighted by Crippen LogP contribution is 2.53. The number of aromatic amines is 1. The topological polar surface area (TPSA) is 314 Å². The van der Waals surface area contributed by atoms with E-state index in [1.54, 1.807) is 56.3 Å². The van der Waals surface area contributed by atoms with Gasteiger partial charge in [0, 0.05) is 67.4 Å². The number of aryl methyl sites for hydroxylation is 2. The molecule has 4 unspecified atom stereocenters. The Morgan fingerprint density at radius 3 is 1.88 bits per heavy atom. The molecule has 2 saturated heterocycles. The first-order chi connectivity index (χ1) is 53.0. The van der Waals surface area contributed by atoms with E-state index in [1.165, 1.54) is 17.1 Å². The molecule has 5 heterocycles. The van der Waals surface area contributed by atoms with Gasteiger partial charge in [0.25, 0.3) is 20.0 Å². The van der Waals surface area contributed by atoms with Gasteiger partial charge in [0.1, 0.15) is 60.5 Å². The number of aromatic nitrogens is 6. The number of nitrogens with zero attached hydrogens (tertiary/aromatic N) is 8. The molecule has 568 valence electrons. The standard InChI is InChI=1S/C81H88N10O16P2/c1-52(2)91(53(3)4)108(101-42-16-40-82)106-68-44-72(89-46-54(5)78(94)88-80(89)96)105-71(68)49-103-109(102-43-17-41-83)107-69-45-73(104-70(69)48-100-81(57-18-9-8-10-19-57,58-31-36-61(97-6)37-32-58)59-33-38-62(98-7)39-34-59)90-51-86-75-76(84-50-85-77(75)90)87-79(95)56-29-26-55(27-30-56)28-35-60(92)20-15-25-74(93)99-47-67-65-23-13-11-21-63(65)64-22-12-14-24-66(64)67/h8-14,18-19,21-24,26-27,29-34,36-39,46,50-53,67-73H,15-17,20,25,28,35,42-45,47-49H2,1-7H3,(H,88,94,96)(H,84,85,87,95)/t68?,69?,70-,71-,72-,73-,108?,109?/m1/s1. The maximum absolute atomic E-state index is 14.1. The Balaban J connectivity index is 0.775. The third-order valence-electron chi connectivity index (χ3n) is 19.3. The molecule has 12 rings (SSSR count). The van der Waals surface area contributed by atoms with Gasteiger partial charge in [-0.25, -0.2) is 24.4 Å². The molecule has 1 amide bonds. The number of anilines is 1. The normalized spacial score (nSPS) is 18.1. The number of benzene rings is 6. The Morgan fingerprint density at radius 2 is 1.26 bits per heavy atom. The zero-order valence-electron chi connectivity index (χ0n) is 61.8. The fourth-order valence-corrected chi connectivity index (χ4v) is 16.9. The lowest BCUT2D eigenvalue weighted by molar-refractivity contribution is -0.144. The van der Waals surface area contributed by atoms with Gasteiger partial charge in [-0.3, -0.25) is 33.3 Å². The molecule has 1 aliphatic carbocycles. The van der Waals surface area contributed by atoms with E-state index >= 15 is 0 Å². The van der Waals surface area contributed by atoms with Crippen molar-refractivity contribution in [2.45, 2.75) is 153 Å². The molecule has 2 aliphatic heterocycles. The monoisotopic (exact) mass is 1520 g/mol. The average molecular weight is 1520 g/mol. The van der Waals surface area contributed by atoms with Crippen molar-refractivity contribution in [2.75, 3.05) is 52.6 Å².